The maximum absolute atomic E-state index is 13.9. The van der Waals surface area contributed by atoms with Crippen LogP contribution in [0.5, 0.6) is 0 Å². The lowest BCUT2D eigenvalue weighted by molar-refractivity contribution is -0.136. The van der Waals surface area contributed by atoms with Gasteiger partial charge in [0.1, 0.15) is 0 Å². The van der Waals surface area contributed by atoms with Crippen LogP contribution < -0.4 is 10.9 Å². The number of rotatable bonds is 15. The van der Waals surface area contributed by atoms with E-state index in [-0.39, 0.29) is 23.6 Å². The lowest BCUT2D eigenvalue weighted by Gasteiger charge is -2.23. The molecule has 2 heterocycles. The number of benzene rings is 2. The predicted molar refractivity (Wildman–Crippen MR) is 162 cm³/mol. The number of H-pyrrole nitrogens is 1. The van der Waals surface area contributed by atoms with Crippen molar-refractivity contribution < 1.29 is 23.4 Å². The van der Waals surface area contributed by atoms with Gasteiger partial charge in [-0.2, -0.15) is 13.2 Å². The number of pyridine rings is 1. The van der Waals surface area contributed by atoms with Crippen molar-refractivity contribution in [1.29, 1.82) is 0 Å². The highest BCUT2D eigenvalue weighted by Gasteiger charge is 2.34. The maximum atomic E-state index is 13.9. The Morgan fingerprint density at radius 3 is 2.26 bits per heavy atom. The molecule has 0 aliphatic rings. The highest BCUT2D eigenvalue weighted by atomic mass is 19.4. The van der Waals surface area contributed by atoms with Gasteiger partial charge in [-0.3, -0.25) is 4.79 Å². The van der Waals surface area contributed by atoms with Gasteiger partial charge in [-0.1, -0.05) is 69.4 Å². The molecule has 2 aromatic carbocycles. The van der Waals surface area contributed by atoms with Gasteiger partial charge in [-0.25, -0.2) is 0 Å². The Hall–Kier alpha value is -3.14. The summed E-state index contributed by atoms with van der Waals surface area (Å²) in [5.41, 5.74) is 2.18. The van der Waals surface area contributed by atoms with Gasteiger partial charge in [0.2, 0.25) is 5.56 Å². The summed E-state index contributed by atoms with van der Waals surface area (Å²) in [7, 11) is 0. The fourth-order valence-corrected chi connectivity index (χ4v) is 6.16. The molecule has 42 heavy (non-hydrogen) atoms. The third-order valence-electron chi connectivity index (χ3n) is 8.20. The summed E-state index contributed by atoms with van der Waals surface area (Å²) in [6.45, 7) is 5.10. The first-order valence-corrected chi connectivity index (χ1v) is 15.0. The predicted octanol–water partition coefficient (Wildman–Crippen LogP) is 6.79. The molecule has 0 aliphatic carbocycles. The normalized spacial score (nSPS) is 13.7. The van der Waals surface area contributed by atoms with Crippen LogP contribution in [0.15, 0.2) is 53.3 Å². The quantitative estimate of drug-likeness (QED) is 0.116. The topological polar surface area (TPSA) is 90.3 Å². The van der Waals surface area contributed by atoms with E-state index < -0.39 is 23.4 Å². The van der Waals surface area contributed by atoms with Crippen LogP contribution in [0.3, 0.4) is 0 Å². The van der Waals surface area contributed by atoms with Gasteiger partial charge < -0.3 is 25.1 Å². The van der Waals surface area contributed by atoms with Crippen LogP contribution >= 0.6 is 0 Å². The number of fused-ring (bicyclic) bond motifs is 3. The number of hydrogen-bond acceptors (Lipinski definition) is 4. The van der Waals surface area contributed by atoms with Gasteiger partial charge in [0.25, 0.3) is 0 Å². The molecule has 4 N–H and O–H groups in total. The second-order valence-corrected chi connectivity index (χ2v) is 11.1. The van der Waals surface area contributed by atoms with Crippen LogP contribution in [-0.2, 0) is 19.1 Å². The minimum atomic E-state index is -4.62. The second-order valence-electron chi connectivity index (χ2n) is 11.1. The van der Waals surface area contributed by atoms with Crippen LogP contribution in [0.1, 0.15) is 80.3 Å². The summed E-state index contributed by atoms with van der Waals surface area (Å²) in [6, 6.07) is 13.5. The molecule has 4 rings (SSSR count). The molecule has 0 spiro atoms. The number of aliphatic hydroxyl groups excluding tert-OH is 2. The average molecular weight is 586 g/mol. The fraction of sp³-hybridized carbons (Fsp3) is 0.485. The first-order chi connectivity index (χ1) is 20.2. The van der Waals surface area contributed by atoms with E-state index in [1.165, 1.54) is 0 Å². The molecular weight excluding hydrogens is 543 g/mol. The van der Waals surface area contributed by atoms with E-state index in [2.05, 4.69) is 14.9 Å². The molecule has 0 radical (unpaired) electrons. The zero-order valence-corrected chi connectivity index (χ0v) is 24.4. The van der Waals surface area contributed by atoms with Crippen molar-refractivity contribution >= 4 is 21.8 Å². The van der Waals surface area contributed by atoms with Crippen LogP contribution in [0.2, 0.25) is 0 Å². The van der Waals surface area contributed by atoms with Crippen LogP contribution in [0.25, 0.3) is 21.8 Å². The number of unbranched alkanes of at least 4 members (excludes halogenated alkanes) is 6. The first-order valence-electron chi connectivity index (χ1n) is 15.0. The molecule has 0 unspecified atom stereocenters. The SMILES string of the molecule is CCc1c(C)c2c3c(C(F)(F)F)cc(=O)[nH]c3ccc2n1CCCCCCCCCN[C@@H](c1ccccc1)[C@@H](O)CO. The van der Waals surface area contributed by atoms with Gasteiger partial charge in [-0.15, -0.1) is 0 Å². The highest BCUT2D eigenvalue weighted by molar-refractivity contribution is 6.09. The van der Waals surface area contributed by atoms with Gasteiger partial charge >= 0.3 is 6.18 Å². The third kappa shape index (κ3) is 7.25. The molecule has 2 aromatic heterocycles. The van der Waals surface area contributed by atoms with Gasteiger partial charge in [0.15, 0.2) is 0 Å². The van der Waals surface area contributed by atoms with Crippen LogP contribution in [0.4, 0.5) is 13.2 Å². The number of halogens is 3. The van der Waals surface area contributed by atoms with Crippen molar-refractivity contribution in [1.82, 2.24) is 14.9 Å². The molecule has 4 aromatic rings. The van der Waals surface area contributed by atoms with Crippen molar-refractivity contribution in [3.8, 4) is 0 Å². The van der Waals surface area contributed by atoms with Crippen molar-refractivity contribution in [3.05, 3.63) is 81.3 Å². The summed E-state index contributed by atoms with van der Waals surface area (Å²) >= 11 is 0. The molecule has 0 saturated heterocycles. The minimum absolute atomic E-state index is 0.0704. The largest absolute Gasteiger partial charge is 0.417 e. The fourth-order valence-electron chi connectivity index (χ4n) is 6.16. The first kappa shape index (κ1) is 31.8. The summed E-state index contributed by atoms with van der Waals surface area (Å²) in [4.78, 5) is 14.5. The van der Waals surface area contributed by atoms with Crippen molar-refractivity contribution in [2.45, 2.75) is 90.1 Å². The standard InChI is InChI=1S/C33H42F3N3O3/c1-3-26-22(2)30-27(17-16-25-31(30)24(33(34,35)36)20-29(42)38-25)39(26)19-13-8-6-4-5-7-12-18-37-32(28(41)21-40)23-14-10-9-11-15-23/h9-11,14-17,20,28,32,37,40-41H,3-8,12-13,18-19,21H2,1-2H3,(H,38,42)/t28-,32-/m0/s1. The van der Waals surface area contributed by atoms with Crippen molar-refractivity contribution in [3.63, 3.8) is 0 Å². The van der Waals surface area contributed by atoms with E-state index in [1.54, 1.807) is 6.07 Å². The molecule has 0 bridgehead atoms. The molecule has 228 valence electrons. The molecule has 0 fully saturated rings. The molecule has 6 nitrogen and oxygen atoms in total. The summed E-state index contributed by atoms with van der Waals surface area (Å²) < 4.78 is 44.0. The summed E-state index contributed by atoms with van der Waals surface area (Å²) in [6.07, 6.45) is 2.57. The molecule has 0 saturated carbocycles. The Balaban J connectivity index is 1.29. The number of aromatic amines is 1. The number of aliphatic hydroxyl groups is 2. The number of nitrogens with zero attached hydrogens (tertiary/aromatic N) is 1. The van der Waals surface area contributed by atoms with E-state index >= 15 is 0 Å². The van der Waals surface area contributed by atoms with Gasteiger partial charge in [-0.05, 0) is 56.0 Å². The van der Waals surface area contributed by atoms with E-state index in [9.17, 15) is 28.2 Å². The minimum Gasteiger partial charge on any atom is -0.394 e. The Bertz CT molecular complexity index is 1510. The highest BCUT2D eigenvalue weighted by Crippen LogP contribution is 2.39. The lowest BCUT2D eigenvalue weighted by atomic mass is 10.0. The molecule has 0 aliphatic heterocycles. The van der Waals surface area contributed by atoms with Gasteiger partial charge in [0, 0.05) is 40.1 Å². The molecular formula is C33H42F3N3O3. The number of nitrogens with one attached hydrogen (secondary N) is 2. The van der Waals surface area contributed by atoms with Crippen molar-refractivity contribution in [2.24, 2.45) is 0 Å². The van der Waals surface area contributed by atoms with E-state index in [0.29, 0.717) is 17.9 Å². The zero-order valence-electron chi connectivity index (χ0n) is 24.4. The summed E-state index contributed by atoms with van der Waals surface area (Å²) in [5.74, 6) is 0. The van der Waals surface area contributed by atoms with Gasteiger partial charge in [0.05, 0.1) is 24.3 Å². The number of hydrogen-bond donors (Lipinski definition) is 4. The molecule has 2 atom stereocenters. The smallest absolute Gasteiger partial charge is 0.394 e. The molecule has 9 heteroatoms. The third-order valence-corrected chi connectivity index (χ3v) is 8.20. The average Bonchev–Trinajstić information content (AvgIpc) is 3.25. The Morgan fingerprint density at radius 2 is 1.62 bits per heavy atom. The van der Waals surface area contributed by atoms with E-state index in [1.807, 2.05) is 50.2 Å². The second kappa shape index (κ2) is 14.4. The number of aromatic nitrogens is 2. The monoisotopic (exact) mass is 585 g/mol. The summed E-state index contributed by atoms with van der Waals surface area (Å²) in [5, 5.41) is 23.6. The number of alkyl halides is 3. The maximum Gasteiger partial charge on any atom is 0.417 e. The Labute approximate surface area is 244 Å². The van der Waals surface area contributed by atoms with Crippen molar-refractivity contribution in [2.75, 3.05) is 13.2 Å². The lowest BCUT2D eigenvalue weighted by Crippen LogP contribution is -2.34. The zero-order chi connectivity index (χ0) is 30.3. The Kier molecular flexibility index (Phi) is 10.9. The van der Waals surface area contributed by atoms with E-state index in [0.717, 1.165) is 80.4 Å². The van der Waals surface area contributed by atoms with E-state index in [4.69, 9.17) is 0 Å². The molecule has 0 amide bonds. The Morgan fingerprint density at radius 1 is 0.952 bits per heavy atom. The van der Waals surface area contributed by atoms with Crippen LogP contribution in [0, 0.1) is 6.92 Å². The van der Waals surface area contributed by atoms with Crippen LogP contribution in [-0.4, -0.2) is 39.0 Å². The number of aryl methyl sites for hydroxylation is 2.